The van der Waals surface area contributed by atoms with Gasteiger partial charge in [-0.05, 0) is 18.3 Å². The van der Waals surface area contributed by atoms with Crippen LogP contribution >= 0.6 is 0 Å². The molecule has 88 valence electrons. The molecule has 2 aliphatic rings. The molecule has 1 aliphatic carbocycles. The summed E-state index contributed by atoms with van der Waals surface area (Å²) in [5, 5.41) is 8.47. The first-order chi connectivity index (χ1) is 7.70. The fourth-order valence-electron chi connectivity index (χ4n) is 2.34. The number of carbonyl (C=O) groups is 1. The van der Waals surface area contributed by atoms with Gasteiger partial charge in [-0.2, -0.15) is 5.26 Å². The van der Waals surface area contributed by atoms with Crippen LogP contribution in [-0.2, 0) is 4.79 Å². The number of carbonyl (C=O) groups excluding carboxylic acids is 1. The molecule has 2 atom stereocenters. The molecule has 2 fully saturated rings. The lowest BCUT2D eigenvalue weighted by molar-refractivity contribution is -0.131. The second-order valence-corrected chi connectivity index (χ2v) is 4.99. The minimum Gasteiger partial charge on any atom is -0.339 e. The minimum atomic E-state index is -0.0121. The Kier molecular flexibility index (Phi) is 3.45. The van der Waals surface area contributed by atoms with E-state index in [0.29, 0.717) is 0 Å². The van der Waals surface area contributed by atoms with E-state index in [1.165, 1.54) is 13.0 Å². The molecule has 2 rings (SSSR count). The summed E-state index contributed by atoms with van der Waals surface area (Å²) >= 11 is 0. The van der Waals surface area contributed by atoms with Gasteiger partial charge in [-0.1, -0.05) is 6.92 Å². The van der Waals surface area contributed by atoms with Gasteiger partial charge >= 0.3 is 0 Å². The lowest BCUT2D eigenvalue weighted by Crippen LogP contribution is -2.49. The molecule has 0 bridgehead atoms. The second-order valence-electron chi connectivity index (χ2n) is 4.99. The Bertz CT molecular complexity index is 302. The molecule has 16 heavy (non-hydrogen) atoms. The summed E-state index contributed by atoms with van der Waals surface area (Å²) in [6, 6.07) is 1.92. The fourth-order valence-corrected chi connectivity index (χ4v) is 2.34. The molecule has 1 saturated carbocycles. The lowest BCUT2D eigenvalue weighted by atomic mass is 10.2. The molecule has 1 aliphatic heterocycles. The van der Waals surface area contributed by atoms with Crippen LogP contribution in [0.4, 0.5) is 0 Å². The Hall–Kier alpha value is -1.08. The average molecular weight is 221 g/mol. The van der Waals surface area contributed by atoms with Gasteiger partial charge in [0.05, 0.1) is 6.07 Å². The second kappa shape index (κ2) is 4.84. The van der Waals surface area contributed by atoms with Crippen molar-refractivity contribution in [3.8, 4) is 6.07 Å². The summed E-state index contributed by atoms with van der Waals surface area (Å²) in [7, 11) is 0. The fraction of sp³-hybridized carbons (Fsp3) is 0.833. The van der Waals surface area contributed by atoms with E-state index < -0.39 is 0 Å². The van der Waals surface area contributed by atoms with Crippen LogP contribution < -0.4 is 0 Å². The van der Waals surface area contributed by atoms with E-state index >= 15 is 0 Å². The van der Waals surface area contributed by atoms with Crippen molar-refractivity contribution in [1.82, 2.24) is 9.80 Å². The highest BCUT2D eigenvalue weighted by Crippen LogP contribution is 2.38. The molecule has 1 amide bonds. The van der Waals surface area contributed by atoms with Crippen LogP contribution in [0.3, 0.4) is 0 Å². The summed E-state index contributed by atoms with van der Waals surface area (Å²) in [6.07, 6.45) is 1.40. The molecule has 0 aromatic heterocycles. The van der Waals surface area contributed by atoms with E-state index in [-0.39, 0.29) is 12.3 Å². The van der Waals surface area contributed by atoms with Crippen molar-refractivity contribution in [1.29, 1.82) is 5.26 Å². The molecule has 1 heterocycles. The molecule has 0 N–H and O–H groups in total. The molecule has 0 aromatic rings. The zero-order valence-corrected chi connectivity index (χ0v) is 9.85. The Balaban J connectivity index is 1.70. The Morgan fingerprint density at radius 2 is 2.00 bits per heavy atom. The Labute approximate surface area is 96.8 Å². The van der Waals surface area contributed by atoms with E-state index in [1.807, 2.05) is 11.0 Å². The van der Waals surface area contributed by atoms with Crippen molar-refractivity contribution in [2.45, 2.75) is 19.8 Å². The smallest absolute Gasteiger partial charge is 0.236 e. The van der Waals surface area contributed by atoms with Crippen LogP contribution in [0.2, 0.25) is 0 Å². The molecule has 1 unspecified atom stereocenters. The van der Waals surface area contributed by atoms with Crippen molar-refractivity contribution in [3.05, 3.63) is 0 Å². The summed E-state index contributed by atoms with van der Waals surface area (Å²) in [5.41, 5.74) is 0. The zero-order valence-electron chi connectivity index (χ0n) is 9.85. The number of piperazine rings is 1. The van der Waals surface area contributed by atoms with Crippen LogP contribution in [0.5, 0.6) is 0 Å². The minimum absolute atomic E-state index is 0.0121. The van der Waals surface area contributed by atoms with Crippen molar-refractivity contribution < 1.29 is 4.79 Å². The highest BCUT2D eigenvalue weighted by molar-refractivity contribution is 5.78. The highest BCUT2D eigenvalue weighted by Gasteiger charge is 2.34. The van der Waals surface area contributed by atoms with Gasteiger partial charge in [0, 0.05) is 32.7 Å². The van der Waals surface area contributed by atoms with Crippen LogP contribution in [0.1, 0.15) is 19.8 Å². The van der Waals surface area contributed by atoms with Crippen LogP contribution in [-0.4, -0.2) is 48.4 Å². The van der Waals surface area contributed by atoms with Crippen LogP contribution in [0, 0.1) is 23.2 Å². The topological polar surface area (TPSA) is 47.3 Å². The number of nitriles is 1. The number of hydrogen-bond acceptors (Lipinski definition) is 3. The number of rotatable bonds is 3. The predicted molar refractivity (Wildman–Crippen MR) is 60.5 cm³/mol. The maximum absolute atomic E-state index is 11.5. The van der Waals surface area contributed by atoms with Crippen molar-refractivity contribution >= 4 is 5.91 Å². The van der Waals surface area contributed by atoms with Gasteiger partial charge in [-0.25, -0.2) is 0 Å². The maximum Gasteiger partial charge on any atom is 0.236 e. The summed E-state index contributed by atoms with van der Waals surface area (Å²) in [6.45, 7) is 7.03. The van der Waals surface area contributed by atoms with Gasteiger partial charge < -0.3 is 4.90 Å². The lowest BCUT2D eigenvalue weighted by Gasteiger charge is -2.34. The first kappa shape index (κ1) is 11.4. The highest BCUT2D eigenvalue weighted by atomic mass is 16.2. The largest absolute Gasteiger partial charge is 0.339 e. The first-order valence-electron chi connectivity index (χ1n) is 6.08. The third kappa shape index (κ3) is 2.73. The van der Waals surface area contributed by atoms with Crippen LogP contribution in [0.15, 0.2) is 0 Å². The van der Waals surface area contributed by atoms with Gasteiger partial charge in [-0.3, -0.25) is 9.69 Å². The van der Waals surface area contributed by atoms with Gasteiger partial charge in [0.1, 0.15) is 6.42 Å². The van der Waals surface area contributed by atoms with E-state index in [0.717, 1.165) is 38.0 Å². The van der Waals surface area contributed by atoms with Crippen molar-refractivity contribution in [3.63, 3.8) is 0 Å². The molecule has 1 saturated heterocycles. The van der Waals surface area contributed by atoms with E-state index in [2.05, 4.69) is 11.8 Å². The summed E-state index contributed by atoms with van der Waals surface area (Å²) < 4.78 is 0. The monoisotopic (exact) mass is 221 g/mol. The van der Waals surface area contributed by atoms with E-state index in [9.17, 15) is 4.79 Å². The zero-order chi connectivity index (χ0) is 11.5. The Morgan fingerprint density at radius 3 is 2.50 bits per heavy atom. The van der Waals surface area contributed by atoms with Gasteiger partial charge in [-0.15, -0.1) is 0 Å². The van der Waals surface area contributed by atoms with E-state index in [4.69, 9.17) is 5.26 Å². The van der Waals surface area contributed by atoms with Gasteiger partial charge in [0.2, 0.25) is 5.91 Å². The quantitative estimate of drug-likeness (QED) is 0.705. The first-order valence-corrected chi connectivity index (χ1v) is 6.08. The SMILES string of the molecule is CC1C[C@@H]1CN1CCN(C(=O)CC#N)CC1. The predicted octanol–water partition coefficient (Wildman–Crippen LogP) is 0.700. The molecule has 0 spiro atoms. The number of amides is 1. The normalized spacial score (nSPS) is 29.9. The molecular weight excluding hydrogens is 202 g/mol. The third-order valence-electron chi connectivity index (χ3n) is 3.72. The van der Waals surface area contributed by atoms with Crippen molar-refractivity contribution in [2.24, 2.45) is 11.8 Å². The summed E-state index contributed by atoms with van der Waals surface area (Å²) in [5.74, 6) is 1.78. The molecule has 0 radical (unpaired) electrons. The number of nitrogens with zero attached hydrogens (tertiary/aromatic N) is 3. The maximum atomic E-state index is 11.5. The summed E-state index contributed by atoms with van der Waals surface area (Å²) in [4.78, 5) is 15.7. The van der Waals surface area contributed by atoms with Crippen molar-refractivity contribution in [2.75, 3.05) is 32.7 Å². The Morgan fingerprint density at radius 1 is 1.38 bits per heavy atom. The third-order valence-corrected chi connectivity index (χ3v) is 3.72. The standard InChI is InChI=1S/C12H19N3O/c1-10-8-11(10)9-14-4-6-15(7-5-14)12(16)2-3-13/h10-11H,2,4-9H2,1H3/t10?,11-/m1/s1. The van der Waals surface area contributed by atoms with Crippen LogP contribution in [0.25, 0.3) is 0 Å². The molecule has 0 aromatic carbocycles. The average Bonchev–Trinajstić information content (AvgIpc) is 2.95. The van der Waals surface area contributed by atoms with E-state index in [1.54, 1.807) is 0 Å². The molecular formula is C12H19N3O. The molecule has 4 heteroatoms. The number of hydrogen-bond donors (Lipinski definition) is 0. The molecule has 4 nitrogen and oxygen atoms in total. The van der Waals surface area contributed by atoms with Gasteiger partial charge in [0.15, 0.2) is 0 Å². The van der Waals surface area contributed by atoms with Gasteiger partial charge in [0.25, 0.3) is 0 Å².